The minimum absolute atomic E-state index is 0.262. The number of rotatable bonds is 6. The number of hydrogen-bond acceptors (Lipinski definition) is 2. The van der Waals surface area contributed by atoms with Crippen LogP contribution in [0.5, 0.6) is 5.75 Å². The maximum Gasteiger partial charge on any atom is 0.124 e. The van der Waals surface area contributed by atoms with Crippen molar-refractivity contribution < 1.29 is 9.13 Å². The molecule has 0 aliphatic carbocycles. The highest BCUT2D eigenvalue weighted by Crippen LogP contribution is 2.25. The molecule has 21 heavy (non-hydrogen) atoms. The van der Waals surface area contributed by atoms with E-state index in [0.717, 1.165) is 34.4 Å². The summed E-state index contributed by atoms with van der Waals surface area (Å²) in [6.45, 7) is 4.16. The lowest BCUT2D eigenvalue weighted by atomic mass is 10.2. The Balaban J connectivity index is 2.05. The molecule has 0 unspecified atom stereocenters. The monoisotopic (exact) mass is 415 g/mol. The molecule has 0 spiro atoms. The fraction of sp³-hybridized carbons (Fsp3) is 0.250. The number of nitrogens with one attached hydrogen (secondary N) is 1. The molecule has 0 saturated heterocycles. The van der Waals surface area contributed by atoms with Crippen molar-refractivity contribution in [3.8, 4) is 5.75 Å². The lowest BCUT2D eigenvalue weighted by molar-refractivity contribution is 0.305. The van der Waals surface area contributed by atoms with Gasteiger partial charge in [-0.25, -0.2) is 4.39 Å². The van der Waals surface area contributed by atoms with Gasteiger partial charge in [-0.2, -0.15) is 0 Å². The van der Waals surface area contributed by atoms with Gasteiger partial charge < -0.3 is 10.1 Å². The van der Waals surface area contributed by atoms with Crippen LogP contribution in [0.3, 0.4) is 0 Å². The highest BCUT2D eigenvalue weighted by Gasteiger charge is 2.05. The van der Waals surface area contributed by atoms with Crippen LogP contribution >= 0.6 is 31.9 Å². The van der Waals surface area contributed by atoms with Gasteiger partial charge in [-0.05, 0) is 42.4 Å². The van der Waals surface area contributed by atoms with E-state index in [-0.39, 0.29) is 5.82 Å². The van der Waals surface area contributed by atoms with E-state index in [2.05, 4.69) is 44.1 Å². The van der Waals surface area contributed by atoms with Crippen LogP contribution in [0.15, 0.2) is 45.3 Å². The molecule has 0 atom stereocenters. The molecule has 0 aliphatic heterocycles. The second kappa shape index (κ2) is 7.92. The van der Waals surface area contributed by atoms with E-state index in [1.807, 2.05) is 18.2 Å². The van der Waals surface area contributed by atoms with E-state index in [0.29, 0.717) is 11.1 Å². The molecule has 2 aromatic carbocycles. The molecule has 0 fully saturated rings. The Morgan fingerprint density at radius 1 is 1.05 bits per heavy atom. The van der Waals surface area contributed by atoms with Gasteiger partial charge >= 0.3 is 0 Å². The molecule has 2 rings (SSSR count). The average molecular weight is 417 g/mol. The first kappa shape index (κ1) is 16.5. The van der Waals surface area contributed by atoms with Crippen LogP contribution in [-0.4, -0.2) is 6.54 Å². The molecule has 0 aliphatic rings. The summed E-state index contributed by atoms with van der Waals surface area (Å²) in [5, 5.41) is 3.29. The van der Waals surface area contributed by atoms with Crippen LogP contribution in [0.4, 0.5) is 4.39 Å². The van der Waals surface area contributed by atoms with Crippen LogP contribution in [0.1, 0.15) is 18.1 Å². The zero-order chi connectivity index (χ0) is 15.2. The summed E-state index contributed by atoms with van der Waals surface area (Å²) in [5.74, 6) is 0.532. The largest absolute Gasteiger partial charge is 0.489 e. The minimum atomic E-state index is -0.262. The van der Waals surface area contributed by atoms with Crippen molar-refractivity contribution in [3.05, 3.63) is 62.3 Å². The second-order valence-corrected chi connectivity index (χ2v) is 6.27. The lowest BCUT2D eigenvalue weighted by Gasteiger charge is -2.11. The summed E-state index contributed by atoms with van der Waals surface area (Å²) in [6.07, 6.45) is 0. The molecule has 0 heterocycles. The van der Waals surface area contributed by atoms with E-state index >= 15 is 0 Å². The second-order valence-electron chi connectivity index (χ2n) is 4.56. The number of benzene rings is 2. The van der Waals surface area contributed by atoms with Crippen molar-refractivity contribution in [2.45, 2.75) is 20.1 Å². The number of ether oxygens (including phenoxy) is 1. The average Bonchev–Trinajstić information content (AvgIpc) is 2.46. The van der Waals surface area contributed by atoms with Gasteiger partial charge in [0.15, 0.2) is 0 Å². The molecule has 0 saturated carbocycles. The summed E-state index contributed by atoms with van der Waals surface area (Å²) < 4.78 is 20.6. The lowest BCUT2D eigenvalue weighted by Crippen LogP contribution is -2.12. The van der Waals surface area contributed by atoms with Gasteiger partial charge in [-0.1, -0.05) is 44.8 Å². The Kier molecular flexibility index (Phi) is 6.21. The highest BCUT2D eigenvalue weighted by atomic mass is 79.9. The predicted molar refractivity (Wildman–Crippen MR) is 90.0 cm³/mol. The number of hydrogen-bond donors (Lipinski definition) is 1. The normalized spacial score (nSPS) is 10.7. The maximum atomic E-state index is 13.0. The van der Waals surface area contributed by atoms with E-state index in [4.69, 9.17) is 4.74 Å². The van der Waals surface area contributed by atoms with E-state index in [9.17, 15) is 4.39 Å². The Labute approximate surface area is 141 Å². The Morgan fingerprint density at radius 2 is 1.86 bits per heavy atom. The molecule has 2 nitrogen and oxygen atoms in total. The molecule has 0 bridgehead atoms. The van der Waals surface area contributed by atoms with Crippen molar-refractivity contribution >= 4 is 31.9 Å². The SMILES string of the molecule is CCNCc1cc(OCc2ccc(F)cc2Br)ccc1Br. The summed E-state index contributed by atoms with van der Waals surface area (Å²) in [5.41, 5.74) is 2.06. The molecule has 2 aromatic rings. The van der Waals surface area contributed by atoms with Crippen molar-refractivity contribution in [2.75, 3.05) is 6.54 Å². The van der Waals surface area contributed by atoms with Crippen LogP contribution in [0.25, 0.3) is 0 Å². The van der Waals surface area contributed by atoms with Crippen LogP contribution in [-0.2, 0) is 13.2 Å². The molecular formula is C16H16Br2FNO. The predicted octanol–water partition coefficient (Wildman–Crippen LogP) is 5.04. The van der Waals surface area contributed by atoms with Gasteiger partial charge in [0.05, 0.1) is 0 Å². The summed E-state index contributed by atoms with van der Waals surface area (Å²) in [7, 11) is 0. The Morgan fingerprint density at radius 3 is 2.57 bits per heavy atom. The number of halogens is 3. The third-order valence-electron chi connectivity index (χ3n) is 2.99. The first-order valence-corrected chi connectivity index (χ1v) is 8.24. The molecular weight excluding hydrogens is 401 g/mol. The van der Waals surface area contributed by atoms with Gasteiger partial charge in [0.25, 0.3) is 0 Å². The van der Waals surface area contributed by atoms with E-state index in [1.165, 1.54) is 12.1 Å². The van der Waals surface area contributed by atoms with Gasteiger partial charge in [0.1, 0.15) is 18.2 Å². The van der Waals surface area contributed by atoms with Gasteiger partial charge in [-0.15, -0.1) is 0 Å². The van der Waals surface area contributed by atoms with Crippen LogP contribution < -0.4 is 10.1 Å². The fourth-order valence-corrected chi connectivity index (χ4v) is 2.69. The zero-order valence-corrected chi connectivity index (χ0v) is 14.8. The standard InChI is InChI=1S/C16H16Br2FNO/c1-2-20-9-12-7-14(5-6-15(12)17)21-10-11-3-4-13(19)8-16(11)18/h3-8,20H,2,9-10H2,1H3. The summed E-state index contributed by atoms with van der Waals surface area (Å²) in [6, 6.07) is 10.5. The smallest absolute Gasteiger partial charge is 0.124 e. The highest BCUT2D eigenvalue weighted by molar-refractivity contribution is 9.10. The first-order valence-electron chi connectivity index (χ1n) is 6.66. The maximum absolute atomic E-state index is 13.0. The van der Waals surface area contributed by atoms with Gasteiger partial charge in [0, 0.05) is 21.1 Å². The molecule has 1 N–H and O–H groups in total. The molecule has 112 valence electrons. The van der Waals surface area contributed by atoms with Gasteiger partial charge in [-0.3, -0.25) is 0 Å². The summed E-state index contributed by atoms with van der Waals surface area (Å²) in [4.78, 5) is 0. The molecule has 5 heteroatoms. The van der Waals surface area contributed by atoms with Crippen molar-refractivity contribution in [1.82, 2.24) is 5.32 Å². The zero-order valence-electron chi connectivity index (χ0n) is 11.6. The topological polar surface area (TPSA) is 21.3 Å². The first-order chi connectivity index (χ1) is 10.1. The van der Waals surface area contributed by atoms with Gasteiger partial charge in [0.2, 0.25) is 0 Å². The van der Waals surface area contributed by atoms with E-state index < -0.39 is 0 Å². The van der Waals surface area contributed by atoms with Crippen molar-refractivity contribution in [3.63, 3.8) is 0 Å². The fourth-order valence-electron chi connectivity index (χ4n) is 1.84. The van der Waals surface area contributed by atoms with Crippen molar-refractivity contribution in [2.24, 2.45) is 0 Å². The Hall–Kier alpha value is -0.910. The quantitative estimate of drug-likeness (QED) is 0.712. The minimum Gasteiger partial charge on any atom is -0.489 e. The molecule has 0 radical (unpaired) electrons. The van der Waals surface area contributed by atoms with Crippen LogP contribution in [0, 0.1) is 5.82 Å². The van der Waals surface area contributed by atoms with Crippen LogP contribution in [0.2, 0.25) is 0 Å². The summed E-state index contributed by atoms with van der Waals surface area (Å²) >= 11 is 6.87. The Bertz CT molecular complexity index is 619. The molecule has 0 amide bonds. The third-order valence-corrected chi connectivity index (χ3v) is 4.50. The van der Waals surface area contributed by atoms with Crippen molar-refractivity contribution in [1.29, 1.82) is 0 Å². The van der Waals surface area contributed by atoms with E-state index in [1.54, 1.807) is 6.07 Å². The third kappa shape index (κ3) is 4.80. The molecule has 0 aromatic heterocycles.